The smallest absolute Gasteiger partial charge is 0.328 e. The normalized spacial score (nSPS) is 11.1. The highest BCUT2D eigenvalue weighted by Crippen LogP contribution is 2.28. The van der Waals surface area contributed by atoms with Gasteiger partial charge in [0.2, 0.25) is 11.8 Å². The molecule has 2 rings (SSSR count). The van der Waals surface area contributed by atoms with Crippen molar-refractivity contribution in [2.24, 2.45) is 0 Å². The average molecular weight is 473 g/mol. The molecule has 1 atom stereocenters. The molecular formula is C23H27N3O8. The molecule has 0 spiro atoms. The van der Waals surface area contributed by atoms with Gasteiger partial charge in [-0.3, -0.25) is 19.7 Å². The van der Waals surface area contributed by atoms with Gasteiger partial charge in [-0.05, 0) is 42.8 Å². The van der Waals surface area contributed by atoms with Crippen LogP contribution < -0.4 is 20.1 Å². The Hall–Kier alpha value is -4.15. The summed E-state index contributed by atoms with van der Waals surface area (Å²) in [5.41, 5.74) is 0.726. The summed E-state index contributed by atoms with van der Waals surface area (Å²) >= 11 is 0. The largest absolute Gasteiger partial charge is 0.497 e. The third-order valence-electron chi connectivity index (χ3n) is 4.74. The number of esters is 1. The van der Waals surface area contributed by atoms with E-state index in [2.05, 4.69) is 10.6 Å². The third kappa shape index (κ3) is 7.76. The summed E-state index contributed by atoms with van der Waals surface area (Å²) < 4.78 is 15.1. The Balaban J connectivity index is 1.99. The van der Waals surface area contributed by atoms with Gasteiger partial charge in [0.1, 0.15) is 11.8 Å². The summed E-state index contributed by atoms with van der Waals surface area (Å²) in [5.74, 6) is -0.875. The molecule has 0 aliphatic rings. The molecule has 11 heteroatoms. The lowest BCUT2D eigenvalue weighted by molar-refractivity contribution is -0.385. The Labute approximate surface area is 196 Å². The van der Waals surface area contributed by atoms with E-state index in [0.717, 1.165) is 0 Å². The van der Waals surface area contributed by atoms with Gasteiger partial charge in [-0.2, -0.15) is 0 Å². The highest BCUT2D eigenvalue weighted by molar-refractivity contribution is 5.94. The van der Waals surface area contributed by atoms with Gasteiger partial charge in [-0.15, -0.1) is 0 Å². The number of nitrogens with zero attached hydrogens (tertiary/aromatic N) is 1. The second kappa shape index (κ2) is 12.8. The van der Waals surface area contributed by atoms with Crippen LogP contribution in [0, 0.1) is 10.1 Å². The molecule has 0 aliphatic carbocycles. The van der Waals surface area contributed by atoms with Crippen molar-refractivity contribution >= 4 is 29.2 Å². The zero-order valence-corrected chi connectivity index (χ0v) is 19.2. The molecule has 0 radical (unpaired) electrons. The fourth-order valence-electron chi connectivity index (χ4n) is 3.07. The van der Waals surface area contributed by atoms with Gasteiger partial charge in [-0.1, -0.05) is 6.07 Å². The first kappa shape index (κ1) is 26.1. The second-order valence-electron chi connectivity index (χ2n) is 7.12. The maximum absolute atomic E-state index is 12.4. The molecule has 2 aromatic rings. The first-order chi connectivity index (χ1) is 16.3. The number of methoxy groups -OCH3 is 2. The lowest BCUT2D eigenvalue weighted by atomic mass is 10.0. The molecule has 2 aromatic carbocycles. The van der Waals surface area contributed by atoms with Crippen LogP contribution in [0.4, 0.5) is 11.4 Å². The van der Waals surface area contributed by atoms with Gasteiger partial charge in [0.25, 0.3) is 0 Å². The molecule has 2 N–H and O–H groups in total. The maximum Gasteiger partial charge on any atom is 0.328 e. The number of nitro groups is 1. The van der Waals surface area contributed by atoms with Crippen LogP contribution in [-0.4, -0.2) is 49.6 Å². The quantitative estimate of drug-likeness (QED) is 0.272. The molecule has 182 valence electrons. The Kier molecular flexibility index (Phi) is 9.81. The first-order valence-corrected chi connectivity index (χ1v) is 10.5. The fourth-order valence-corrected chi connectivity index (χ4v) is 3.07. The Morgan fingerprint density at radius 1 is 1.00 bits per heavy atom. The molecule has 0 aromatic heterocycles. The van der Waals surface area contributed by atoms with E-state index in [-0.39, 0.29) is 43.2 Å². The fraction of sp³-hybridized carbons (Fsp3) is 0.348. The van der Waals surface area contributed by atoms with Crippen LogP contribution in [-0.2, 0) is 25.5 Å². The number of carbonyl (C=O) groups excluding carboxylic acids is 3. The molecule has 2 amide bonds. The Morgan fingerprint density at radius 2 is 1.68 bits per heavy atom. The number of benzene rings is 2. The topological polar surface area (TPSA) is 146 Å². The molecule has 0 bridgehead atoms. The Morgan fingerprint density at radius 3 is 2.26 bits per heavy atom. The van der Waals surface area contributed by atoms with E-state index in [0.29, 0.717) is 17.0 Å². The van der Waals surface area contributed by atoms with Crippen LogP contribution in [0.25, 0.3) is 0 Å². The number of hydrogen-bond acceptors (Lipinski definition) is 8. The number of hydrogen-bond donors (Lipinski definition) is 2. The third-order valence-corrected chi connectivity index (χ3v) is 4.74. The molecule has 34 heavy (non-hydrogen) atoms. The minimum atomic E-state index is -1.08. The maximum atomic E-state index is 12.4. The average Bonchev–Trinajstić information content (AvgIpc) is 2.82. The Bertz CT molecular complexity index is 1020. The zero-order chi connectivity index (χ0) is 25.1. The number of nitrogens with one attached hydrogen (secondary N) is 2. The summed E-state index contributed by atoms with van der Waals surface area (Å²) in [6.07, 6.45) is -0.310. The van der Waals surface area contributed by atoms with Crippen LogP contribution in [0.1, 0.15) is 25.3 Å². The van der Waals surface area contributed by atoms with E-state index in [1.165, 1.54) is 26.4 Å². The summed E-state index contributed by atoms with van der Waals surface area (Å²) in [4.78, 5) is 47.6. The highest BCUT2D eigenvalue weighted by atomic mass is 16.6. The number of anilines is 1. The molecule has 0 heterocycles. The summed E-state index contributed by atoms with van der Waals surface area (Å²) in [7, 11) is 2.85. The molecule has 0 saturated carbocycles. The molecular weight excluding hydrogens is 446 g/mol. The van der Waals surface area contributed by atoms with Gasteiger partial charge in [0.05, 0.1) is 25.7 Å². The van der Waals surface area contributed by atoms with Gasteiger partial charge in [0.15, 0.2) is 5.75 Å². The predicted octanol–water partition coefficient (Wildman–Crippen LogP) is 2.62. The highest BCUT2D eigenvalue weighted by Gasteiger charge is 2.24. The second-order valence-corrected chi connectivity index (χ2v) is 7.12. The molecule has 0 fully saturated rings. The molecule has 0 unspecified atom stereocenters. The van der Waals surface area contributed by atoms with Crippen molar-refractivity contribution in [2.75, 3.05) is 26.1 Å². The van der Waals surface area contributed by atoms with Crippen LogP contribution in [0.15, 0.2) is 42.5 Å². The minimum Gasteiger partial charge on any atom is -0.497 e. The van der Waals surface area contributed by atoms with E-state index in [9.17, 15) is 24.5 Å². The van der Waals surface area contributed by atoms with Crippen LogP contribution in [0.5, 0.6) is 11.5 Å². The summed E-state index contributed by atoms with van der Waals surface area (Å²) in [6, 6.07) is 9.90. The van der Waals surface area contributed by atoms with Gasteiger partial charge in [0, 0.05) is 31.0 Å². The zero-order valence-electron chi connectivity index (χ0n) is 19.2. The monoisotopic (exact) mass is 473 g/mol. The summed E-state index contributed by atoms with van der Waals surface area (Å²) in [6.45, 7) is 1.72. The molecule has 0 saturated heterocycles. The lowest BCUT2D eigenvalue weighted by Gasteiger charge is -2.17. The van der Waals surface area contributed by atoms with Gasteiger partial charge >= 0.3 is 11.7 Å². The van der Waals surface area contributed by atoms with Crippen LogP contribution in [0.3, 0.4) is 0 Å². The lowest BCUT2D eigenvalue weighted by Crippen LogP contribution is -2.43. The standard InChI is InChI=1S/C23H27N3O8/c1-4-34-23(29)18(13-15-5-10-20(33-3)19(14-15)26(30)31)25-22(28)12-11-21(27)24-16-6-8-17(32-2)9-7-16/h5-10,14,18H,4,11-13H2,1-3H3,(H,24,27)(H,25,28)/t18-/m1/s1. The number of ether oxygens (including phenoxy) is 3. The van der Waals surface area contributed by atoms with Crippen molar-refractivity contribution in [1.29, 1.82) is 0 Å². The van der Waals surface area contributed by atoms with Crippen molar-refractivity contribution in [1.82, 2.24) is 5.32 Å². The van der Waals surface area contributed by atoms with Gasteiger partial charge < -0.3 is 24.8 Å². The molecule has 11 nitrogen and oxygen atoms in total. The predicted molar refractivity (Wildman–Crippen MR) is 123 cm³/mol. The van der Waals surface area contributed by atoms with Crippen molar-refractivity contribution in [2.45, 2.75) is 32.2 Å². The van der Waals surface area contributed by atoms with Gasteiger partial charge in [-0.25, -0.2) is 4.79 Å². The minimum absolute atomic E-state index is 0.0343. The first-order valence-electron chi connectivity index (χ1n) is 10.5. The summed E-state index contributed by atoms with van der Waals surface area (Å²) in [5, 5.41) is 16.5. The van der Waals surface area contributed by atoms with Crippen molar-refractivity contribution < 1.29 is 33.5 Å². The van der Waals surface area contributed by atoms with E-state index in [1.54, 1.807) is 37.3 Å². The number of carbonyl (C=O) groups is 3. The van der Waals surface area contributed by atoms with Crippen LogP contribution in [0.2, 0.25) is 0 Å². The van der Waals surface area contributed by atoms with E-state index in [4.69, 9.17) is 14.2 Å². The SMILES string of the molecule is CCOC(=O)[C@@H](Cc1ccc(OC)c([N+](=O)[O-])c1)NC(=O)CCC(=O)Nc1ccc(OC)cc1. The van der Waals surface area contributed by atoms with E-state index in [1.807, 2.05) is 0 Å². The van der Waals surface area contributed by atoms with Crippen LogP contribution >= 0.6 is 0 Å². The van der Waals surface area contributed by atoms with Crippen molar-refractivity contribution in [3.8, 4) is 11.5 Å². The van der Waals surface area contributed by atoms with Crippen molar-refractivity contribution in [3.05, 3.63) is 58.1 Å². The molecule has 0 aliphatic heterocycles. The number of rotatable bonds is 12. The number of amides is 2. The number of nitro benzene ring substituents is 1. The van der Waals surface area contributed by atoms with E-state index < -0.39 is 22.8 Å². The van der Waals surface area contributed by atoms with E-state index >= 15 is 0 Å². The van der Waals surface area contributed by atoms with Crippen molar-refractivity contribution in [3.63, 3.8) is 0 Å².